The van der Waals surface area contributed by atoms with Gasteiger partial charge in [-0.15, -0.1) is 0 Å². The van der Waals surface area contributed by atoms with Gasteiger partial charge in [0.25, 0.3) is 0 Å². The van der Waals surface area contributed by atoms with Gasteiger partial charge in [-0.25, -0.2) is 0 Å². The second-order valence-corrected chi connectivity index (χ2v) is 8.00. The predicted molar refractivity (Wildman–Crippen MR) is 86.2 cm³/mol. The number of nitrogens with one attached hydrogen (secondary N) is 1. The summed E-state index contributed by atoms with van der Waals surface area (Å²) in [5, 5.41) is 11.5. The molecule has 1 aliphatic heterocycles. The van der Waals surface area contributed by atoms with E-state index in [1.165, 1.54) is 13.3 Å². The van der Waals surface area contributed by atoms with Crippen LogP contribution in [0.1, 0.15) is 6.92 Å². The molecule has 2 aromatic heterocycles. The van der Waals surface area contributed by atoms with Gasteiger partial charge in [0.1, 0.15) is 0 Å². The molecule has 0 aliphatic carbocycles. The van der Waals surface area contributed by atoms with Gasteiger partial charge in [-0.3, -0.25) is 0 Å². The molecule has 1 aliphatic rings. The van der Waals surface area contributed by atoms with Crippen molar-refractivity contribution >= 4 is 30.8 Å². The van der Waals surface area contributed by atoms with Crippen LogP contribution in [0.4, 0.5) is 5.82 Å². The number of ether oxygens (including phenoxy) is 1. The molecule has 24 heavy (non-hydrogen) atoms. The fraction of sp³-hybridized carbons (Fsp3) is 0.500. The van der Waals surface area contributed by atoms with Crippen LogP contribution in [0.3, 0.4) is 0 Å². The van der Waals surface area contributed by atoms with Crippen LogP contribution in [-0.2, 0) is 20.6 Å². The monoisotopic (exact) mass is 358 g/mol. The van der Waals surface area contributed by atoms with E-state index in [1.807, 2.05) is 0 Å². The molecule has 0 aromatic carbocycles. The van der Waals surface area contributed by atoms with Crippen LogP contribution in [0.25, 0.3) is 11.2 Å². The van der Waals surface area contributed by atoms with E-state index in [1.54, 1.807) is 10.9 Å². The molecule has 1 fully saturated rings. The van der Waals surface area contributed by atoms with E-state index >= 15 is 0 Å². The van der Waals surface area contributed by atoms with Gasteiger partial charge in [0, 0.05) is 0 Å². The number of nitrogens with two attached hydrogens (primary N) is 1. The van der Waals surface area contributed by atoms with Gasteiger partial charge >= 0.3 is 136 Å². The summed E-state index contributed by atoms with van der Waals surface area (Å²) in [5.74, 6) is -0.767. The number of rotatable bonds is 5. The number of fused-ring (bicyclic) bond motifs is 1. The van der Waals surface area contributed by atoms with E-state index in [0.29, 0.717) is 23.5 Å². The molecule has 3 rings (SSSR count). The summed E-state index contributed by atoms with van der Waals surface area (Å²) in [5.41, 5.74) is 6.84. The Balaban J connectivity index is 1.63. The van der Waals surface area contributed by atoms with E-state index in [9.17, 15) is 9.69 Å². The third kappa shape index (κ3) is 3.45. The van der Waals surface area contributed by atoms with Crippen LogP contribution in [0, 0.1) is 0 Å². The fourth-order valence-corrected chi connectivity index (χ4v) is 4.37. The van der Waals surface area contributed by atoms with Gasteiger partial charge in [0.05, 0.1) is 0 Å². The first-order valence-electron chi connectivity index (χ1n) is 7.28. The quantitative estimate of drug-likeness (QED) is 0.505. The zero-order valence-corrected chi connectivity index (χ0v) is 13.9. The standard InChI is InChI=1S/C12H19N6O5P/c1-7(12(19)20)17-24(21)6-22-8(3-23-24)2-18-5-16-9-10(13)14-4-15-11(9)18/h4-5,7-8,17,21,24H,2-3,6H2,1H3,(H,19,20)(H2,13,14,15)/t7-,8-/m0/s1. The second kappa shape index (κ2) is 6.54. The van der Waals surface area contributed by atoms with Gasteiger partial charge in [-0.2, -0.15) is 0 Å². The van der Waals surface area contributed by atoms with Crippen molar-refractivity contribution in [2.45, 2.75) is 25.6 Å². The molecule has 1 saturated heterocycles. The minimum atomic E-state index is -3.39. The Kier molecular flexibility index (Phi) is 4.61. The van der Waals surface area contributed by atoms with E-state index in [0.717, 1.165) is 0 Å². The molecule has 2 atom stereocenters. The van der Waals surface area contributed by atoms with Gasteiger partial charge in [-0.05, 0) is 0 Å². The average molecular weight is 358 g/mol. The normalized spacial score (nSPS) is 23.0. The summed E-state index contributed by atoms with van der Waals surface area (Å²) in [6.07, 6.45) is 2.55. The maximum absolute atomic E-state index is 10.9. The Morgan fingerprint density at radius 3 is 3.04 bits per heavy atom. The van der Waals surface area contributed by atoms with Crippen molar-refractivity contribution in [2.75, 3.05) is 18.7 Å². The first-order chi connectivity index (χ1) is 11.4. The summed E-state index contributed by atoms with van der Waals surface area (Å²) in [4.78, 5) is 33.4. The molecular formula is C12H19N6O5P. The number of carboxylic acids is 1. The molecule has 0 saturated carbocycles. The SMILES string of the molecule is C[C@H](N[PH]1(O)CO[C@@H](Cn2cnc3c(N)ncnc32)CO1)C(=O)O. The van der Waals surface area contributed by atoms with Gasteiger partial charge in [-0.1, -0.05) is 0 Å². The molecule has 2 aromatic rings. The number of nitrogens with zero attached hydrogens (tertiary/aromatic N) is 4. The van der Waals surface area contributed by atoms with Crippen LogP contribution in [-0.4, -0.2) is 60.6 Å². The average Bonchev–Trinajstić information content (AvgIpc) is 2.94. The van der Waals surface area contributed by atoms with Crippen molar-refractivity contribution in [1.29, 1.82) is 0 Å². The molecule has 132 valence electrons. The molecule has 11 nitrogen and oxygen atoms in total. The van der Waals surface area contributed by atoms with Crippen LogP contribution < -0.4 is 10.8 Å². The van der Waals surface area contributed by atoms with Crippen molar-refractivity contribution in [1.82, 2.24) is 24.6 Å². The molecule has 0 bridgehead atoms. The zero-order valence-electron chi connectivity index (χ0n) is 12.9. The molecule has 12 heteroatoms. The number of imidazole rings is 1. The van der Waals surface area contributed by atoms with Crippen LogP contribution >= 0.6 is 7.87 Å². The number of aromatic nitrogens is 4. The van der Waals surface area contributed by atoms with Crippen molar-refractivity contribution in [3.05, 3.63) is 12.7 Å². The number of anilines is 1. The Morgan fingerprint density at radius 2 is 2.38 bits per heavy atom. The molecule has 0 spiro atoms. The Bertz CT molecular complexity index is 747. The van der Waals surface area contributed by atoms with Crippen molar-refractivity contribution in [2.24, 2.45) is 0 Å². The van der Waals surface area contributed by atoms with Crippen LogP contribution in [0.2, 0.25) is 0 Å². The maximum atomic E-state index is 10.9. The van der Waals surface area contributed by atoms with Crippen molar-refractivity contribution in [3.63, 3.8) is 0 Å². The molecule has 3 heterocycles. The first-order valence-corrected chi connectivity index (χ1v) is 9.34. The summed E-state index contributed by atoms with van der Waals surface area (Å²) >= 11 is 0. The summed E-state index contributed by atoms with van der Waals surface area (Å²) in [6.45, 7) is 1.97. The molecular weight excluding hydrogens is 339 g/mol. The van der Waals surface area contributed by atoms with Crippen molar-refractivity contribution < 1.29 is 24.1 Å². The van der Waals surface area contributed by atoms with Crippen LogP contribution in [0.5, 0.6) is 0 Å². The molecule has 5 N–H and O–H groups in total. The van der Waals surface area contributed by atoms with Crippen molar-refractivity contribution in [3.8, 4) is 0 Å². The third-order valence-corrected chi connectivity index (χ3v) is 5.75. The Labute approximate surface area is 137 Å². The second-order valence-electron chi connectivity index (χ2n) is 5.56. The summed E-state index contributed by atoms with van der Waals surface area (Å²) < 4.78 is 12.9. The number of carboxylic acid groups (broad SMARTS) is 1. The van der Waals surface area contributed by atoms with Gasteiger partial charge < -0.3 is 0 Å². The predicted octanol–water partition coefficient (Wildman–Crippen LogP) is -0.669. The molecule has 0 unspecified atom stereocenters. The Morgan fingerprint density at radius 1 is 1.58 bits per heavy atom. The van der Waals surface area contributed by atoms with Gasteiger partial charge in [0.15, 0.2) is 0 Å². The summed E-state index contributed by atoms with van der Waals surface area (Å²) in [7, 11) is -3.39. The van der Waals surface area contributed by atoms with Gasteiger partial charge in [0.2, 0.25) is 0 Å². The van der Waals surface area contributed by atoms with E-state index in [-0.39, 0.29) is 19.1 Å². The van der Waals surface area contributed by atoms with E-state index in [2.05, 4.69) is 20.0 Å². The fourth-order valence-electron chi connectivity index (χ4n) is 2.39. The number of aliphatic carboxylic acids is 1. The van der Waals surface area contributed by atoms with E-state index in [4.69, 9.17) is 20.1 Å². The number of hydrogen-bond acceptors (Lipinski definition) is 9. The number of hydrogen-bond donors (Lipinski definition) is 4. The Hall–Kier alpha value is -1.91. The topological polar surface area (TPSA) is 158 Å². The van der Waals surface area contributed by atoms with Crippen LogP contribution in [0.15, 0.2) is 12.7 Å². The zero-order chi connectivity index (χ0) is 17.3. The molecule has 0 radical (unpaired) electrons. The molecule has 0 amide bonds. The third-order valence-electron chi connectivity index (χ3n) is 3.67. The minimum absolute atomic E-state index is 0.0704. The number of nitrogen functional groups attached to an aromatic ring is 1. The summed E-state index contributed by atoms with van der Waals surface area (Å²) in [6, 6.07) is -0.918. The van der Waals surface area contributed by atoms with E-state index < -0.39 is 19.9 Å². The number of carbonyl (C=O) groups is 1. The first kappa shape index (κ1) is 16.9.